The van der Waals surface area contributed by atoms with E-state index in [1.165, 1.54) is 0 Å². The molecular weight excluding hydrogens is 404 g/mol. The lowest BCUT2D eigenvalue weighted by molar-refractivity contribution is -0.144. The van der Waals surface area contributed by atoms with Gasteiger partial charge < -0.3 is 20.3 Å². The van der Waals surface area contributed by atoms with E-state index in [1.807, 2.05) is 25.1 Å². The molecule has 2 amide bonds. The van der Waals surface area contributed by atoms with E-state index in [4.69, 9.17) is 4.74 Å². The number of anilines is 1. The van der Waals surface area contributed by atoms with Crippen molar-refractivity contribution in [3.8, 4) is 0 Å². The standard InChI is InChI=1S/C21H24N4O4S/c1-4-29-20(28)17-12(2)22-13-7-5-6-8-14(13)23-18(17)24-19(27)15-11-30-21(3)10-9-16(26)25(15)21/h5-8,15,17,22H,2,4,9-11H2,1,3H3,(H,23,24,27)/t15-,17+,21+/m1/s1. The van der Waals surface area contributed by atoms with Crippen LogP contribution in [0.2, 0.25) is 0 Å². The average molecular weight is 429 g/mol. The van der Waals surface area contributed by atoms with Gasteiger partial charge in [0.25, 0.3) is 0 Å². The van der Waals surface area contributed by atoms with Crippen LogP contribution in [0.1, 0.15) is 26.7 Å². The second-order valence-electron chi connectivity index (χ2n) is 7.60. The molecule has 1 aromatic rings. The maximum Gasteiger partial charge on any atom is 0.322 e. The number of nitrogens with one attached hydrogen (secondary N) is 2. The van der Waals surface area contributed by atoms with Crippen LogP contribution < -0.4 is 10.6 Å². The zero-order valence-corrected chi connectivity index (χ0v) is 17.8. The molecule has 158 valence electrons. The fourth-order valence-corrected chi connectivity index (χ4v) is 5.52. The van der Waals surface area contributed by atoms with Crippen LogP contribution in [0.3, 0.4) is 0 Å². The van der Waals surface area contributed by atoms with Gasteiger partial charge in [-0.05, 0) is 32.4 Å². The molecule has 2 N–H and O–H groups in total. The van der Waals surface area contributed by atoms with Crippen LogP contribution in [-0.2, 0) is 19.1 Å². The van der Waals surface area contributed by atoms with Crippen molar-refractivity contribution in [2.75, 3.05) is 17.7 Å². The van der Waals surface area contributed by atoms with Crippen molar-refractivity contribution in [1.29, 1.82) is 0 Å². The van der Waals surface area contributed by atoms with E-state index in [-0.39, 0.29) is 29.1 Å². The van der Waals surface area contributed by atoms with Gasteiger partial charge in [0.1, 0.15) is 11.9 Å². The van der Waals surface area contributed by atoms with Crippen molar-refractivity contribution in [1.82, 2.24) is 10.2 Å². The highest BCUT2D eigenvalue weighted by Gasteiger charge is 2.53. The summed E-state index contributed by atoms with van der Waals surface area (Å²) in [6, 6.07) is 6.65. The van der Waals surface area contributed by atoms with Gasteiger partial charge in [-0.1, -0.05) is 18.7 Å². The fourth-order valence-electron chi connectivity index (χ4n) is 4.09. The average Bonchev–Trinajstić information content (AvgIpc) is 3.14. The Hall–Kier alpha value is -2.81. The van der Waals surface area contributed by atoms with Crippen LogP contribution in [0.4, 0.5) is 11.4 Å². The third kappa shape index (κ3) is 3.47. The van der Waals surface area contributed by atoms with Gasteiger partial charge in [-0.2, -0.15) is 0 Å². The molecule has 2 fully saturated rings. The summed E-state index contributed by atoms with van der Waals surface area (Å²) >= 11 is 1.61. The minimum Gasteiger partial charge on any atom is -0.465 e. The number of thioether (sulfide) groups is 1. The maximum absolute atomic E-state index is 13.2. The van der Waals surface area contributed by atoms with Gasteiger partial charge in [0, 0.05) is 17.9 Å². The Morgan fingerprint density at radius 1 is 1.43 bits per heavy atom. The van der Waals surface area contributed by atoms with Gasteiger partial charge in [-0.25, -0.2) is 4.99 Å². The molecule has 0 saturated carbocycles. The molecule has 0 radical (unpaired) electrons. The fraction of sp³-hybridized carbons (Fsp3) is 0.429. The molecule has 0 aromatic heterocycles. The van der Waals surface area contributed by atoms with Gasteiger partial charge in [-0.3, -0.25) is 14.4 Å². The minimum absolute atomic E-state index is 0.0242. The third-order valence-electron chi connectivity index (χ3n) is 5.58. The summed E-state index contributed by atoms with van der Waals surface area (Å²) in [4.78, 5) is 44.2. The number of fused-ring (bicyclic) bond motifs is 2. The number of esters is 1. The van der Waals surface area contributed by atoms with Gasteiger partial charge in [0.15, 0.2) is 5.92 Å². The normalized spacial score (nSPS) is 27.5. The van der Waals surface area contributed by atoms with Crippen LogP contribution in [0.25, 0.3) is 0 Å². The van der Waals surface area contributed by atoms with Crippen LogP contribution in [0, 0.1) is 5.92 Å². The molecule has 0 aliphatic carbocycles. The monoisotopic (exact) mass is 428 g/mol. The first-order valence-electron chi connectivity index (χ1n) is 9.91. The molecule has 0 unspecified atom stereocenters. The van der Waals surface area contributed by atoms with Crippen molar-refractivity contribution < 1.29 is 19.1 Å². The van der Waals surface area contributed by atoms with Crippen LogP contribution in [0.15, 0.2) is 41.5 Å². The molecule has 3 atom stereocenters. The minimum atomic E-state index is -0.976. The lowest BCUT2D eigenvalue weighted by atomic mass is 10.0. The Kier molecular flexibility index (Phi) is 5.31. The number of rotatable bonds is 3. The number of aliphatic imine (C=N–C) groups is 1. The summed E-state index contributed by atoms with van der Waals surface area (Å²) in [5, 5.41) is 5.92. The predicted molar refractivity (Wildman–Crippen MR) is 115 cm³/mol. The molecule has 4 rings (SSSR count). The van der Waals surface area contributed by atoms with Crippen molar-refractivity contribution in [2.24, 2.45) is 10.9 Å². The third-order valence-corrected chi connectivity index (χ3v) is 7.09. The summed E-state index contributed by atoms with van der Waals surface area (Å²) in [6.07, 6.45) is 1.16. The summed E-state index contributed by atoms with van der Waals surface area (Å²) in [5.74, 6) is -1.27. The van der Waals surface area contributed by atoms with Crippen molar-refractivity contribution in [2.45, 2.75) is 37.6 Å². The van der Waals surface area contributed by atoms with E-state index >= 15 is 0 Å². The SMILES string of the molecule is C=C1Nc2ccccc2N=C(NC(=O)[C@H]2CS[C@@]3(C)CCC(=O)N23)[C@H]1C(=O)OCC. The highest BCUT2D eigenvalue weighted by atomic mass is 32.2. The molecule has 0 spiro atoms. The van der Waals surface area contributed by atoms with Gasteiger partial charge in [0.2, 0.25) is 11.8 Å². The molecule has 3 aliphatic rings. The highest BCUT2D eigenvalue weighted by molar-refractivity contribution is 8.01. The number of benzene rings is 1. The van der Waals surface area contributed by atoms with Crippen LogP contribution in [-0.4, -0.2) is 51.8 Å². The van der Waals surface area contributed by atoms with Gasteiger partial charge in [-0.15, -0.1) is 11.8 Å². The number of amidine groups is 1. The first-order valence-corrected chi connectivity index (χ1v) is 10.9. The molecule has 0 bridgehead atoms. The Morgan fingerprint density at radius 2 is 2.20 bits per heavy atom. The largest absolute Gasteiger partial charge is 0.465 e. The molecule has 1 aromatic carbocycles. The van der Waals surface area contributed by atoms with Gasteiger partial charge >= 0.3 is 5.97 Å². The molecule has 3 heterocycles. The lowest BCUT2D eigenvalue weighted by Crippen LogP contribution is -2.53. The molecule has 9 heteroatoms. The van der Waals surface area contributed by atoms with E-state index in [0.29, 0.717) is 29.2 Å². The number of para-hydroxylation sites is 2. The second kappa shape index (κ2) is 7.79. The number of ether oxygens (including phenoxy) is 1. The van der Waals surface area contributed by atoms with E-state index in [1.54, 1.807) is 29.7 Å². The van der Waals surface area contributed by atoms with Crippen molar-refractivity contribution in [3.63, 3.8) is 0 Å². The molecule has 30 heavy (non-hydrogen) atoms. The molecule has 8 nitrogen and oxygen atoms in total. The zero-order valence-electron chi connectivity index (χ0n) is 16.9. The smallest absolute Gasteiger partial charge is 0.322 e. The van der Waals surface area contributed by atoms with Crippen molar-refractivity contribution in [3.05, 3.63) is 36.5 Å². The number of hydrogen-bond donors (Lipinski definition) is 2. The summed E-state index contributed by atoms with van der Waals surface area (Å²) in [5.41, 5.74) is 1.61. The summed E-state index contributed by atoms with van der Waals surface area (Å²) < 4.78 is 5.21. The number of amides is 2. The first kappa shape index (κ1) is 20.5. The summed E-state index contributed by atoms with van der Waals surface area (Å²) in [6.45, 7) is 7.87. The predicted octanol–water partition coefficient (Wildman–Crippen LogP) is 2.41. The van der Waals surface area contributed by atoms with E-state index < -0.39 is 17.9 Å². The lowest BCUT2D eigenvalue weighted by Gasteiger charge is -2.30. The molecule has 2 saturated heterocycles. The van der Waals surface area contributed by atoms with E-state index in [0.717, 1.165) is 6.42 Å². The van der Waals surface area contributed by atoms with Gasteiger partial charge in [0.05, 0.1) is 22.9 Å². The Labute approximate surface area is 179 Å². The van der Waals surface area contributed by atoms with Crippen molar-refractivity contribution >= 4 is 46.8 Å². The number of nitrogens with zero attached hydrogens (tertiary/aromatic N) is 2. The topological polar surface area (TPSA) is 100 Å². The Balaban J connectivity index is 1.66. The van der Waals surface area contributed by atoms with E-state index in [9.17, 15) is 14.4 Å². The second-order valence-corrected chi connectivity index (χ2v) is 9.11. The Morgan fingerprint density at radius 3 is 2.97 bits per heavy atom. The van der Waals surface area contributed by atoms with E-state index in [2.05, 4.69) is 22.2 Å². The van der Waals surface area contributed by atoms with Crippen LogP contribution >= 0.6 is 11.8 Å². The van der Waals surface area contributed by atoms with Crippen LogP contribution in [0.5, 0.6) is 0 Å². The number of carbonyl (C=O) groups is 3. The summed E-state index contributed by atoms with van der Waals surface area (Å²) in [7, 11) is 0. The maximum atomic E-state index is 13.2. The Bertz CT molecular complexity index is 962. The number of hydrogen-bond acceptors (Lipinski definition) is 7. The zero-order chi connectivity index (χ0) is 21.5. The first-order chi connectivity index (χ1) is 14.3. The molecular formula is C21H24N4O4S. The number of carbonyl (C=O) groups excluding carboxylic acids is 3. The quantitative estimate of drug-likeness (QED) is 0.717. The highest BCUT2D eigenvalue weighted by Crippen LogP contribution is 2.47. The molecule has 3 aliphatic heterocycles.